The second-order valence-corrected chi connectivity index (χ2v) is 4.08. The van der Waals surface area contributed by atoms with Gasteiger partial charge in [0.15, 0.2) is 0 Å². The van der Waals surface area contributed by atoms with Gasteiger partial charge in [-0.3, -0.25) is 0 Å². The van der Waals surface area contributed by atoms with Crippen molar-refractivity contribution in [2.45, 2.75) is 19.4 Å². The molecule has 1 aromatic carbocycles. The van der Waals surface area contributed by atoms with Crippen molar-refractivity contribution in [1.29, 1.82) is 0 Å². The predicted molar refractivity (Wildman–Crippen MR) is 64.8 cm³/mol. The number of hydrogen-bond acceptors (Lipinski definition) is 4. The second-order valence-electron chi connectivity index (χ2n) is 4.08. The number of ether oxygens (including phenoxy) is 1. The van der Waals surface area contributed by atoms with Crippen LogP contribution in [0.15, 0.2) is 24.3 Å². The average Bonchev–Trinajstić information content (AvgIpc) is 2.36. The monoisotopic (exact) mass is 240 g/mol. The molecule has 0 aliphatic carbocycles. The van der Waals surface area contributed by atoms with Gasteiger partial charge in [-0.2, -0.15) is 0 Å². The van der Waals surface area contributed by atoms with Crippen molar-refractivity contribution in [3.8, 4) is 5.75 Å². The van der Waals surface area contributed by atoms with E-state index in [1.807, 2.05) is 13.0 Å². The van der Waals surface area contributed by atoms with Crippen molar-refractivity contribution < 1.29 is 20.1 Å². The van der Waals surface area contributed by atoms with E-state index in [4.69, 9.17) is 14.9 Å². The molecule has 0 radical (unpaired) electrons. The lowest BCUT2D eigenvalue weighted by Crippen LogP contribution is -2.11. The fourth-order valence-electron chi connectivity index (χ4n) is 1.64. The zero-order valence-corrected chi connectivity index (χ0v) is 10.0. The van der Waals surface area contributed by atoms with Crippen LogP contribution in [0.4, 0.5) is 0 Å². The molecule has 0 saturated carbocycles. The molecule has 1 rings (SSSR count). The highest BCUT2D eigenvalue weighted by Gasteiger charge is 2.16. The maximum Gasteiger partial charge on any atom is 0.119 e. The van der Waals surface area contributed by atoms with Crippen LogP contribution in [-0.4, -0.2) is 35.1 Å². The first-order chi connectivity index (χ1) is 8.19. The summed E-state index contributed by atoms with van der Waals surface area (Å²) >= 11 is 0. The minimum atomic E-state index is -0.611. The Morgan fingerprint density at radius 2 is 2.00 bits per heavy atom. The summed E-state index contributed by atoms with van der Waals surface area (Å²) in [7, 11) is 0. The first-order valence-electron chi connectivity index (χ1n) is 5.81. The maximum atomic E-state index is 10.1. The summed E-state index contributed by atoms with van der Waals surface area (Å²) in [6.07, 6.45) is -0.0528. The number of aliphatic hydroxyl groups is 3. The largest absolute Gasteiger partial charge is 0.491 e. The van der Waals surface area contributed by atoms with E-state index < -0.39 is 6.10 Å². The quantitative estimate of drug-likeness (QED) is 0.667. The fourth-order valence-corrected chi connectivity index (χ4v) is 1.64. The van der Waals surface area contributed by atoms with Crippen molar-refractivity contribution >= 4 is 0 Å². The van der Waals surface area contributed by atoms with Gasteiger partial charge in [0.1, 0.15) is 12.4 Å². The topological polar surface area (TPSA) is 69.9 Å². The van der Waals surface area contributed by atoms with Gasteiger partial charge in [0, 0.05) is 6.61 Å². The molecule has 0 spiro atoms. The van der Waals surface area contributed by atoms with Crippen molar-refractivity contribution in [1.82, 2.24) is 0 Å². The maximum absolute atomic E-state index is 10.1. The second kappa shape index (κ2) is 7.27. The number of aliphatic hydroxyl groups excluding tert-OH is 3. The Hall–Kier alpha value is -1.10. The van der Waals surface area contributed by atoms with Crippen molar-refractivity contribution in [2.24, 2.45) is 5.92 Å². The van der Waals surface area contributed by atoms with Crippen molar-refractivity contribution in [2.75, 3.05) is 19.8 Å². The van der Waals surface area contributed by atoms with Crippen LogP contribution in [0.3, 0.4) is 0 Å². The molecular weight excluding hydrogens is 220 g/mol. The minimum absolute atomic E-state index is 0.00640. The highest BCUT2D eigenvalue weighted by molar-refractivity contribution is 5.30. The summed E-state index contributed by atoms with van der Waals surface area (Å²) < 4.78 is 5.28. The van der Waals surface area contributed by atoms with Crippen LogP contribution >= 0.6 is 0 Å². The molecule has 4 nitrogen and oxygen atoms in total. The molecule has 0 saturated heterocycles. The Kier molecular flexibility index (Phi) is 5.97. The van der Waals surface area contributed by atoms with Gasteiger partial charge in [0.05, 0.1) is 12.7 Å². The summed E-state index contributed by atoms with van der Waals surface area (Å²) in [6, 6.07) is 7.16. The summed E-state index contributed by atoms with van der Waals surface area (Å²) in [4.78, 5) is 0. The van der Waals surface area contributed by atoms with E-state index >= 15 is 0 Å². The SMILES string of the molecule is C[C@H](CCO)[C@H](O)c1cccc(OCCO)c1. The smallest absolute Gasteiger partial charge is 0.119 e. The molecule has 96 valence electrons. The van der Waals surface area contributed by atoms with E-state index in [0.29, 0.717) is 12.2 Å². The summed E-state index contributed by atoms with van der Waals surface area (Å²) in [5.41, 5.74) is 0.765. The van der Waals surface area contributed by atoms with E-state index in [9.17, 15) is 5.11 Å². The fraction of sp³-hybridized carbons (Fsp3) is 0.538. The third-order valence-electron chi connectivity index (χ3n) is 2.68. The van der Waals surface area contributed by atoms with Crippen molar-refractivity contribution in [3.05, 3.63) is 29.8 Å². The number of hydrogen-bond donors (Lipinski definition) is 3. The van der Waals surface area contributed by atoms with Crippen LogP contribution in [0, 0.1) is 5.92 Å². The average molecular weight is 240 g/mol. The summed E-state index contributed by atoms with van der Waals surface area (Å²) in [5.74, 6) is 0.625. The zero-order chi connectivity index (χ0) is 12.7. The molecule has 4 heteroatoms. The molecule has 17 heavy (non-hydrogen) atoms. The summed E-state index contributed by atoms with van der Waals surface area (Å²) in [6.45, 7) is 2.17. The zero-order valence-electron chi connectivity index (χ0n) is 10.0. The van der Waals surface area contributed by atoms with Crippen LogP contribution in [0.1, 0.15) is 25.0 Å². The van der Waals surface area contributed by atoms with Crippen LogP contribution in [0.25, 0.3) is 0 Å². The Balaban J connectivity index is 2.69. The molecule has 0 aliphatic rings. The van der Waals surface area contributed by atoms with Crippen LogP contribution in [0.2, 0.25) is 0 Å². The molecule has 0 unspecified atom stereocenters. The van der Waals surface area contributed by atoms with Gasteiger partial charge in [-0.05, 0) is 30.0 Å². The molecular formula is C13H20O4. The van der Waals surface area contributed by atoms with Crippen LogP contribution < -0.4 is 4.74 Å². The van der Waals surface area contributed by atoms with Gasteiger partial charge >= 0.3 is 0 Å². The van der Waals surface area contributed by atoms with Gasteiger partial charge < -0.3 is 20.1 Å². The predicted octanol–water partition coefficient (Wildman–Crippen LogP) is 1.11. The standard InChI is InChI=1S/C13H20O4/c1-10(5-6-14)13(16)11-3-2-4-12(9-11)17-8-7-15/h2-4,9-10,13-16H,5-8H2,1H3/t10-,13+/m1/s1. The molecule has 2 atom stereocenters. The molecule has 1 aromatic rings. The van der Waals surface area contributed by atoms with E-state index in [-0.39, 0.29) is 25.7 Å². The first kappa shape index (κ1) is 14.0. The number of rotatable bonds is 7. The molecule has 3 N–H and O–H groups in total. The van der Waals surface area contributed by atoms with E-state index in [0.717, 1.165) is 5.56 Å². The van der Waals surface area contributed by atoms with E-state index in [1.54, 1.807) is 18.2 Å². The highest BCUT2D eigenvalue weighted by Crippen LogP contribution is 2.26. The van der Waals surface area contributed by atoms with Gasteiger partial charge in [0.25, 0.3) is 0 Å². The molecule has 0 aromatic heterocycles. The number of benzene rings is 1. The Labute approximate surface area is 101 Å². The highest BCUT2D eigenvalue weighted by atomic mass is 16.5. The van der Waals surface area contributed by atoms with Crippen LogP contribution in [-0.2, 0) is 0 Å². The lowest BCUT2D eigenvalue weighted by Gasteiger charge is -2.18. The van der Waals surface area contributed by atoms with E-state index in [1.165, 1.54) is 0 Å². The van der Waals surface area contributed by atoms with Gasteiger partial charge in [-0.1, -0.05) is 19.1 Å². The lowest BCUT2D eigenvalue weighted by molar-refractivity contribution is 0.0987. The summed E-state index contributed by atoms with van der Waals surface area (Å²) in [5, 5.41) is 27.6. The Morgan fingerprint density at radius 3 is 2.65 bits per heavy atom. The molecule has 0 fully saturated rings. The van der Waals surface area contributed by atoms with Crippen molar-refractivity contribution in [3.63, 3.8) is 0 Å². The molecule has 0 amide bonds. The third kappa shape index (κ3) is 4.34. The lowest BCUT2D eigenvalue weighted by atomic mass is 9.95. The third-order valence-corrected chi connectivity index (χ3v) is 2.68. The molecule has 0 aliphatic heterocycles. The van der Waals surface area contributed by atoms with Crippen LogP contribution in [0.5, 0.6) is 5.75 Å². The van der Waals surface area contributed by atoms with Gasteiger partial charge in [0.2, 0.25) is 0 Å². The van der Waals surface area contributed by atoms with E-state index in [2.05, 4.69) is 0 Å². The Morgan fingerprint density at radius 1 is 1.24 bits per heavy atom. The first-order valence-corrected chi connectivity index (χ1v) is 5.81. The molecule has 0 heterocycles. The van der Waals surface area contributed by atoms with Gasteiger partial charge in [-0.15, -0.1) is 0 Å². The molecule has 0 bridgehead atoms. The minimum Gasteiger partial charge on any atom is -0.491 e. The van der Waals surface area contributed by atoms with Gasteiger partial charge in [-0.25, -0.2) is 0 Å². The Bertz CT molecular complexity index is 327. The normalized spacial score (nSPS) is 14.4.